The molecule has 5 aliphatic rings. The summed E-state index contributed by atoms with van der Waals surface area (Å²) in [6.45, 7) is 20.9. The SMILES string of the molecule is C=C(C)[C@@H]1CC[C@]2(CO)CC[C@]3(C)[C@H](CC[C@@H]4[C@@]5(C)Cc6nnn(Cc7ccc(OC)cc7)c6C(C)(C)[C@@H]5CC[C@]43C)[C@@H]12. The highest BCUT2D eigenvalue weighted by Crippen LogP contribution is 2.77. The molecule has 0 amide bonds. The number of methoxy groups -OCH3 is 1. The van der Waals surface area contributed by atoms with Gasteiger partial charge in [-0.05, 0) is 134 Å². The Balaban J connectivity index is 1.23. The molecule has 0 saturated heterocycles. The maximum atomic E-state index is 10.8. The second kappa shape index (κ2) is 9.68. The zero-order valence-electron chi connectivity index (χ0n) is 27.9. The van der Waals surface area contributed by atoms with Gasteiger partial charge < -0.3 is 9.84 Å². The highest BCUT2D eigenvalue weighted by molar-refractivity contribution is 5.34. The molecule has 2 aromatic rings. The number of hydrogen-bond donors (Lipinski definition) is 1. The molecule has 7 rings (SSSR count). The summed E-state index contributed by atoms with van der Waals surface area (Å²) in [4.78, 5) is 0. The van der Waals surface area contributed by atoms with E-state index in [2.05, 4.69) is 64.9 Å². The molecule has 0 radical (unpaired) electrons. The first kappa shape index (κ1) is 29.6. The van der Waals surface area contributed by atoms with E-state index in [4.69, 9.17) is 15.0 Å². The number of fused-ring (bicyclic) bond motifs is 8. The lowest BCUT2D eigenvalue weighted by Crippen LogP contribution is -2.66. The van der Waals surface area contributed by atoms with Crippen LogP contribution in [0, 0.1) is 51.2 Å². The molecule has 43 heavy (non-hydrogen) atoms. The summed E-state index contributed by atoms with van der Waals surface area (Å²) in [7, 11) is 1.72. The number of aliphatic hydroxyl groups is 1. The molecule has 9 atom stereocenters. The summed E-state index contributed by atoms with van der Waals surface area (Å²) < 4.78 is 7.59. The third-order valence-corrected chi connectivity index (χ3v) is 15.1. The van der Waals surface area contributed by atoms with E-state index in [9.17, 15) is 5.11 Å². The van der Waals surface area contributed by atoms with Crippen molar-refractivity contribution in [3.8, 4) is 5.75 Å². The summed E-state index contributed by atoms with van der Waals surface area (Å²) in [5, 5.41) is 20.6. The van der Waals surface area contributed by atoms with Crippen molar-refractivity contribution in [1.29, 1.82) is 0 Å². The molecule has 4 saturated carbocycles. The third kappa shape index (κ3) is 3.85. The van der Waals surface area contributed by atoms with Gasteiger partial charge in [0.1, 0.15) is 5.75 Å². The minimum atomic E-state index is 0.00644. The lowest BCUT2D eigenvalue weighted by molar-refractivity contribution is -0.228. The molecule has 234 valence electrons. The van der Waals surface area contributed by atoms with Gasteiger partial charge in [0.05, 0.1) is 25.0 Å². The average molecular weight is 586 g/mol. The van der Waals surface area contributed by atoms with Crippen LogP contribution in [-0.4, -0.2) is 33.8 Å². The number of rotatable bonds is 5. The van der Waals surface area contributed by atoms with Crippen molar-refractivity contribution in [3.63, 3.8) is 0 Å². The summed E-state index contributed by atoms with van der Waals surface area (Å²) in [5.41, 5.74) is 6.08. The van der Waals surface area contributed by atoms with Gasteiger partial charge in [0.15, 0.2) is 0 Å². The third-order valence-electron chi connectivity index (χ3n) is 15.1. The van der Waals surface area contributed by atoms with Crippen LogP contribution < -0.4 is 4.74 Å². The number of nitrogens with zero attached hydrogens (tertiary/aromatic N) is 3. The highest BCUT2D eigenvalue weighted by Gasteiger charge is 2.71. The lowest BCUT2D eigenvalue weighted by atomic mass is 9.32. The number of benzene rings is 1. The molecule has 1 aromatic heterocycles. The van der Waals surface area contributed by atoms with Crippen LogP contribution in [0.3, 0.4) is 0 Å². The Hall–Kier alpha value is -2.14. The van der Waals surface area contributed by atoms with Crippen LogP contribution in [0.2, 0.25) is 0 Å². The van der Waals surface area contributed by atoms with E-state index < -0.39 is 0 Å². The molecule has 1 N–H and O–H groups in total. The van der Waals surface area contributed by atoms with Gasteiger partial charge in [-0.1, -0.05) is 64.1 Å². The van der Waals surface area contributed by atoms with E-state index in [1.54, 1.807) is 7.11 Å². The molecule has 0 unspecified atom stereocenters. The Morgan fingerprint density at radius 1 is 0.953 bits per heavy atom. The molecule has 0 spiro atoms. The molecule has 0 bridgehead atoms. The molecule has 5 heteroatoms. The highest BCUT2D eigenvalue weighted by atomic mass is 16.5. The second-order valence-corrected chi connectivity index (χ2v) is 17.0. The number of allylic oxidation sites excluding steroid dienone is 1. The van der Waals surface area contributed by atoms with Crippen molar-refractivity contribution in [2.24, 2.45) is 51.2 Å². The maximum absolute atomic E-state index is 10.8. The van der Waals surface area contributed by atoms with Gasteiger partial charge in [-0.15, -0.1) is 5.10 Å². The minimum Gasteiger partial charge on any atom is -0.497 e. The van der Waals surface area contributed by atoms with E-state index >= 15 is 0 Å². The van der Waals surface area contributed by atoms with E-state index in [0.717, 1.165) is 18.7 Å². The van der Waals surface area contributed by atoms with Crippen LogP contribution in [-0.2, 0) is 18.4 Å². The van der Waals surface area contributed by atoms with Crippen LogP contribution in [0.15, 0.2) is 36.4 Å². The molecular weight excluding hydrogens is 530 g/mol. The van der Waals surface area contributed by atoms with Crippen LogP contribution in [0.1, 0.15) is 110 Å². The predicted molar refractivity (Wildman–Crippen MR) is 172 cm³/mol. The van der Waals surface area contributed by atoms with Gasteiger partial charge in [-0.2, -0.15) is 0 Å². The fourth-order valence-electron chi connectivity index (χ4n) is 13.1. The Kier molecular flexibility index (Phi) is 6.65. The standard InChI is InChI=1S/C38H55N3O2/c1-24(2)27-15-18-38(23-42)20-19-36(6)28(32(27)38)13-14-31-35(5)21-29-33(34(3,4)30(35)16-17-37(31,36)7)41(40-39-29)22-25-9-11-26(43-8)12-10-25/h9-12,27-28,30-32,42H,1,13-23H2,2-8H3/t27-,28+,30-,31+,32+,35-,36+,37+,38+/m0/s1. The first-order valence-electron chi connectivity index (χ1n) is 17.2. The Morgan fingerprint density at radius 2 is 1.70 bits per heavy atom. The lowest BCUT2D eigenvalue weighted by Gasteiger charge is -2.72. The normalized spacial score (nSPS) is 42.7. The summed E-state index contributed by atoms with van der Waals surface area (Å²) >= 11 is 0. The molecule has 1 aromatic carbocycles. The number of aromatic nitrogens is 3. The molecular formula is C38H55N3O2. The van der Waals surface area contributed by atoms with Crippen LogP contribution >= 0.6 is 0 Å². The summed E-state index contributed by atoms with van der Waals surface area (Å²) in [6.07, 6.45) is 11.1. The fraction of sp³-hybridized carbons (Fsp3) is 0.737. The topological polar surface area (TPSA) is 60.2 Å². The molecule has 5 aliphatic carbocycles. The maximum Gasteiger partial charge on any atom is 0.118 e. The Bertz CT molecular complexity index is 1410. The zero-order chi connectivity index (χ0) is 30.6. The number of aliphatic hydroxyl groups excluding tert-OH is 1. The van der Waals surface area contributed by atoms with Crippen molar-refractivity contribution in [2.75, 3.05) is 13.7 Å². The van der Waals surface area contributed by atoms with E-state index in [1.165, 1.54) is 73.9 Å². The summed E-state index contributed by atoms with van der Waals surface area (Å²) in [5.74, 6) is 4.00. The predicted octanol–water partition coefficient (Wildman–Crippen LogP) is 8.00. The van der Waals surface area contributed by atoms with Gasteiger partial charge in [-0.25, -0.2) is 4.68 Å². The largest absolute Gasteiger partial charge is 0.497 e. The van der Waals surface area contributed by atoms with Crippen LogP contribution in [0.25, 0.3) is 0 Å². The van der Waals surface area contributed by atoms with Gasteiger partial charge >= 0.3 is 0 Å². The molecule has 5 nitrogen and oxygen atoms in total. The second-order valence-electron chi connectivity index (χ2n) is 17.0. The van der Waals surface area contributed by atoms with Crippen LogP contribution in [0.5, 0.6) is 5.75 Å². The molecule has 0 aliphatic heterocycles. The Morgan fingerprint density at radius 3 is 2.37 bits per heavy atom. The van der Waals surface area contributed by atoms with E-state index in [-0.39, 0.29) is 21.7 Å². The molecule has 4 fully saturated rings. The molecule has 1 heterocycles. The zero-order valence-corrected chi connectivity index (χ0v) is 27.9. The fourth-order valence-corrected chi connectivity index (χ4v) is 13.1. The van der Waals surface area contributed by atoms with Gasteiger partial charge in [0.2, 0.25) is 0 Å². The van der Waals surface area contributed by atoms with E-state index in [1.807, 2.05) is 12.1 Å². The van der Waals surface area contributed by atoms with Gasteiger partial charge in [0.25, 0.3) is 0 Å². The van der Waals surface area contributed by atoms with E-state index in [0.29, 0.717) is 41.6 Å². The van der Waals surface area contributed by atoms with Gasteiger partial charge in [-0.3, -0.25) is 0 Å². The Labute approximate surface area is 259 Å². The van der Waals surface area contributed by atoms with Crippen molar-refractivity contribution >= 4 is 0 Å². The number of hydrogen-bond acceptors (Lipinski definition) is 4. The van der Waals surface area contributed by atoms with Gasteiger partial charge in [0, 0.05) is 12.0 Å². The van der Waals surface area contributed by atoms with Crippen molar-refractivity contribution in [2.45, 2.75) is 111 Å². The van der Waals surface area contributed by atoms with Crippen molar-refractivity contribution in [3.05, 3.63) is 53.4 Å². The smallest absolute Gasteiger partial charge is 0.118 e. The van der Waals surface area contributed by atoms with Crippen molar-refractivity contribution in [1.82, 2.24) is 15.0 Å². The first-order chi connectivity index (χ1) is 20.3. The van der Waals surface area contributed by atoms with Crippen LogP contribution in [0.4, 0.5) is 0 Å². The monoisotopic (exact) mass is 585 g/mol. The van der Waals surface area contributed by atoms with Crippen molar-refractivity contribution < 1.29 is 9.84 Å². The summed E-state index contributed by atoms with van der Waals surface area (Å²) in [6, 6.07) is 8.38. The quantitative estimate of drug-likeness (QED) is 0.361. The minimum absolute atomic E-state index is 0.00644. The average Bonchev–Trinajstić information content (AvgIpc) is 3.56. The first-order valence-corrected chi connectivity index (χ1v) is 17.2. The number of ether oxygens (including phenoxy) is 1.